The molecule has 4 nitrogen and oxygen atoms in total. The van der Waals surface area contributed by atoms with Crippen LogP contribution in [-0.4, -0.2) is 25.1 Å². The monoisotopic (exact) mass is 326 g/mol. The Morgan fingerprint density at radius 2 is 1.96 bits per heavy atom. The SMILES string of the molecule is CCNC(=O)c1ccc(OC(CCN)Cc2ccccc2)cc1C. The first kappa shape index (κ1) is 18.0. The van der Waals surface area contributed by atoms with E-state index in [0.29, 0.717) is 18.7 Å². The minimum atomic E-state index is -0.0515. The average molecular weight is 326 g/mol. The molecule has 1 unspecified atom stereocenters. The van der Waals surface area contributed by atoms with Gasteiger partial charge in [0.05, 0.1) is 0 Å². The zero-order valence-corrected chi connectivity index (χ0v) is 14.4. The number of rotatable bonds is 8. The van der Waals surface area contributed by atoms with Gasteiger partial charge in [0.15, 0.2) is 0 Å². The van der Waals surface area contributed by atoms with Gasteiger partial charge in [-0.2, -0.15) is 0 Å². The highest BCUT2D eigenvalue weighted by Gasteiger charge is 2.13. The van der Waals surface area contributed by atoms with E-state index in [-0.39, 0.29) is 12.0 Å². The lowest BCUT2D eigenvalue weighted by atomic mass is 10.0. The van der Waals surface area contributed by atoms with Gasteiger partial charge in [0.1, 0.15) is 11.9 Å². The summed E-state index contributed by atoms with van der Waals surface area (Å²) in [6, 6.07) is 15.8. The van der Waals surface area contributed by atoms with Gasteiger partial charge in [-0.15, -0.1) is 0 Å². The van der Waals surface area contributed by atoms with Crippen LogP contribution in [0.25, 0.3) is 0 Å². The maximum absolute atomic E-state index is 12.0. The number of hydrogen-bond donors (Lipinski definition) is 2. The molecule has 0 aliphatic heterocycles. The number of nitrogens with two attached hydrogens (primary N) is 1. The fraction of sp³-hybridized carbons (Fsp3) is 0.350. The minimum absolute atomic E-state index is 0.0205. The second kappa shape index (κ2) is 9.08. The highest BCUT2D eigenvalue weighted by Crippen LogP contribution is 2.20. The van der Waals surface area contributed by atoms with E-state index in [1.54, 1.807) is 0 Å². The lowest BCUT2D eigenvalue weighted by Crippen LogP contribution is -2.24. The molecule has 0 aliphatic carbocycles. The zero-order valence-electron chi connectivity index (χ0n) is 14.4. The van der Waals surface area contributed by atoms with Crippen LogP contribution in [0.1, 0.15) is 34.8 Å². The van der Waals surface area contributed by atoms with Crippen LogP contribution >= 0.6 is 0 Å². The van der Waals surface area contributed by atoms with Crippen LogP contribution in [0.3, 0.4) is 0 Å². The van der Waals surface area contributed by atoms with Gasteiger partial charge in [0.25, 0.3) is 5.91 Å². The van der Waals surface area contributed by atoms with Crippen molar-refractivity contribution < 1.29 is 9.53 Å². The van der Waals surface area contributed by atoms with Crippen molar-refractivity contribution >= 4 is 5.91 Å². The van der Waals surface area contributed by atoms with Crippen LogP contribution in [0.4, 0.5) is 0 Å². The standard InChI is InChI=1S/C20H26N2O2/c1-3-22-20(23)19-10-9-17(13-15(19)2)24-18(11-12-21)14-16-7-5-4-6-8-16/h4-10,13,18H,3,11-12,14,21H2,1-2H3,(H,22,23). The van der Waals surface area contributed by atoms with Crippen LogP contribution < -0.4 is 15.8 Å². The molecule has 0 aliphatic rings. The topological polar surface area (TPSA) is 64.3 Å². The molecule has 0 fully saturated rings. The summed E-state index contributed by atoms with van der Waals surface area (Å²) in [5.41, 5.74) is 8.55. The Balaban J connectivity index is 2.09. The van der Waals surface area contributed by atoms with Gasteiger partial charge in [0, 0.05) is 18.5 Å². The van der Waals surface area contributed by atoms with E-state index in [0.717, 1.165) is 24.2 Å². The first-order chi connectivity index (χ1) is 11.6. The van der Waals surface area contributed by atoms with Crippen LogP contribution in [-0.2, 0) is 6.42 Å². The smallest absolute Gasteiger partial charge is 0.251 e. The molecule has 1 atom stereocenters. The molecule has 3 N–H and O–H groups in total. The Morgan fingerprint density at radius 3 is 2.58 bits per heavy atom. The molecule has 0 bridgehead atoms. The Morgan fingerprint density at radius 1 is 1.21 bits per heavy atom. The molecule has 0 saturated carbocycles. The predicted molar refractivity (Wildman–Crippen MR) is 97.4 cm³/mol. The van der Waals surface area contributed by atoms with Crippen molar-refractivity contribution in [3.63, 3.8) is 0 Å². The van der Waals surface area contributed by atoms with Gasteiger partial charge in [0.2, 0.25) is 0 Å². The van der Waals surface area contributed by atoms with E-state index < -0.39 is 0 Å². The van der Waals surface area contributed by atoms with Crippen LogP contribution in [0, 0.1) is 6.92 Å². The first-order valence-electron chi connectivity index (χ1n) is 8.43. The summed E-state index contributed by atoms with van der Waals surface area (Å²) >= 11 is 0. The van der Waals surface area contributed by atoms with E-state index in [4.69, 9.17) is 10.5 Å². The molecule has 0 saturated heterocycles. The molecule has 2 aromatic carbocycles. The lowest BCUT2D eigenvalue weighted by Gasteiger charge is -2.19. The summed E-state index contributed by atoms with van der Waals surface area (Å²) in [7, 11) is 0. The van der Waals surface area contributed by atoms with E-state index in [9.17, 15) is 4.79 Å². The Labute approximate surface area is 144 Å². The number of carbonyl (C=O) groups is 1. The van der Waals surface area contributed by atoms with Crippen LogP contribution in [0.15, 0.2) is 48.5 Å². The van der Waals surface area contributed by atoms with Gasteiger partial charge in [-0.25, -0.2) is 0 Å². The van der Waals surface area contributed by atoms with Gasteiger partial charge in [-0.05, 0) is 56.1 Å². The normalized spacial score (nSPS) is 11.8. The Hall–Kier alpha value is -2.33. The summed E-state index contributed by atoms with van der Waals surface area (Å²) in [5, 5.41) is 2.82. The third kappa shape index (κ3) is 5.10. The third-order valence-corrected chi connectivity index (χ3v) is 3.88. The largest absolute Gasteiger partial charge is 0.490 e. The summed E-state index contributed by atoms with van der Waals surface area (Å²) < 4.78 is 6.12. The van der Waals surface area contributed by atoms with Crippen molar-refractivity contribution in [1.29, 1.82) is 0 Å². The third-order valence-electron chi connectivity index (χ3n) is 3.88. The predicted octanol–water partition coefficient (Wildman–Crippen LogP) is 3.08. The van der Waals surface area contributed by atoms with Gasteiger partial charge in [-0.1, -0.05) is 30.3 Å². The van der Waals surface area contributed by atoms with Gasteiger partial charge in [-0.3, -0.25) is 4.79 Å². The maximum Gasteiger partial charge on any atom is 0.251 e. The number of amides is 1. The fourth-order valence-electron chi connectivity index (χ4n) is 2.68. The van der Waals surface area contributed by atoms with Gasteiger partial charge >= 0.3 is 0 Å². The molecule has 2 rings (SSSR count). The second-order valence-electron chi connectivity index (χ2n) is 5.84. The van der Waals surface area contributed by atoms with Crippen molar-refractivity contribution in [2.24, 2.45) is 5.73 Å². The number of carbonyl (C=O) groups excluding carboxylic acids is 1. The molecule has 1 amide bonds. The summed E-state index contributed by atoms with van der Waals surface area (Å²) in [4.78, 5) is 12.0. The van der Waals surface area contributed by atoms with E-state index in [1.807, 2.05) is 50.2 Å². The van der Waals surface area contributed by atoms with Crippen LogP contribution in [0.5, 0.6) is 5.75 Å². The molecule has 0 spiro atoms. The average Bonchev–Trinajstić information content (AvgIpc) is 2.56. The van der Waals surface area contributed by atoms with E-state index in [1.165, 1.54) is 5.56 Å². The molecule has 2 aromatic rings. The minimum Gasteiger partial charge on any atom is -0.490 e. The van der Waals surface area contributed by atoms with Crippen molar-refractivity contribution in [2.75, 3.05) is 13.1 Å². The molecule has 4 heteroatoms. The summed E-state index contributed by atoms with van der Waals surface area (Å²) in [6.07, 6.45) is 1.62. The quantitative estimate of drug-likeness (QED) is 0.783. The maximum atomic E-state index is 12.0. The molecular formula is C20H26N2O2. The van der Waals surface area contributed by atoms with Gasteiger partial charge < -0.3 is 15.8 Å². The van der Waals surface area contributed by atoms with E-state index in [2.05, 4.69) is 17.4 Å². The Bertz CT molecular complexity index is 656. The molecule has 0 heterocycles. The molecule has 0 aromatic heterocycles. The summed E-state index contributed by atoms with van der Waals surface area (Å²) in [5.74, 6) is 0.722. The first-order valence-corrected chi connectivity index (χ1v) is 8.43. The second-order valence-corrected chi connectivity index (χ2v) is 5.84. The highest BCUT2D eigenvalue weighted by molar-refractivity contribution is 5.95. The lowest BCUT2D eigenvalue weighted by molar-refractivity contribution is 0.0955. The zero-order chi connectivity index (χ0) is 17.4. The molecule has 128 valence electrons. The number of nitrogens with one attached hydrogen (secondary N) is 1. The van der Waals surface area contributed by atoms with Crippen LogP contribution in [0.2, 0.25) is 0 Å². The molecule has 0 radical (unpaired) electrons. The fourth-order valence-corrected chi connectivity index (χ4v) is 2.68. The number of benzene rings is 2. The summed E-state index contributed by atoms with van der Waals surface area (Å²) in [6.45, 7) is 5.03. The van der Waals surface area contributed by atoms with Crippen molar-refractivity contribution in [3.05, 3.63) is 65.2 Å². The van der Waals surface area contributed by atoms with E-state index >= 15 is 0 Å². The number of ether oxygens (including phenoxy) is 1. The number of aryl methyl sites for hydroxylation is 1. The van der Waals surface area contributed by atoms with Crippen molar-refractivity contribution in [3.8, 4) is 5.75 Å². The number of hydrogen-bond acceptors (Lipinski definition) is 3. The molecular weight excluding hydrogens is 300 g/mol. The molecule has 24 heavy (non-hydrogen) atoms. The highest BCUT2D eigenvalue weighted by atomic mass is 16.5. The Kier molecular flexibility index (Phi) is 6.82. The van der Waals surface area contributed by atoms with Crippen molar-refractivity contribution in [1.82, 2.24) is 5.32 Å². The van der Waals surface area contributed by atoms with Crippen molar-refractivity contribution in [2.45, 2.75) is 32.8 Å².